The highest BCUT2D eigenvalue weighted by Gasteiger charge is 2.40. The Hall–Kier alpha value is -3.35. The normalized spacial score (nSPS) is 17.7. The fourth-order valence-electron chi connectivity index (χ4n) is 2.57. The number of nitrogens with zero attached hydrogens (tertiary/aromatic N) is 2. The van der Waals surface area contributed by atoms with Crippen molar-refractivity contribution in [2.75, 3.05) is 4.90 Å². The Morgan fingerprint density at radius 2 is 1.77 bits per heavy atom. The highest BCUT2D eigenvalue weighted by atomic mass is 19.1. The Morgan fingerprint density at radius 3 is 2.46 bits per heavy atom. The number of rotatable bonds is 3. The Bertz CT molecular complexity index is 922. The first-order chi connectivity index (χ1) is 12.4. The average Bonchev–Trinajstić information content (AvgIpc) is 2.59. The van der Waals surface area contributed by atoms with Crippen LogP contribution in [0.4, 0.5) is 20.6 Å². The van der Waals surface area contributed by atoms with Crippen LogP contribution >= 0.6 is 0 Å². The van der Waals surface area contributed by atoms with Crippen LogP contribution < -0.4 is 10.2 Å². The maximum atomic E-state index is 13.1. The summed E-state index contributed by atoms with van der Waals surface area (Å²) < 4.78 is 13.1. The molecule has 1 N–H and O–H groups in total. The van der Waals surface area contributed by atoms with Gasteiger partial charge in [0.15, 0.2) is 5.92 Å². The van der Waals surface area contributed by atoms with Crippen LogP contribution in [0.5, 0.6) is 0 Å². The molecule has 132 valence electrons. The van der Waals surface area contributed by atoms with Crippen LogP contribution in [0.2, 0.25) is 0 Å². The van der Waals surface area contributed by atoms with Gasteiger partial charge in [-0.25, -0.2) is 14.1 Å². The molecule has 2 aromatic rings. The number of benzene rings is 2. The molecule has 0 unspecified atom stereocenters. The first-order valence-electron chi connectivity index (χ1n) is 7.92. The van der Waals surface area contributed by atoms with Crippen LogP contribution in [0.25, 0.3) is 0 Å². The van der Waals surface area contributed by atoms with Crippen LogP contribution in [-0.2, 0) is 9.59 Å². The molecule has 1 atom stereocenters. The summed E-state index contributed by atoms with van der Waals surface area (Å²) in [5, 5.41) is 2.13. The predicted molar refractivity (Wildman–Crippen MR) is 95.0 cm³/mol. The number of aliphatic imine (C=N–C) groups is 1. The van der Waals surface area contributed by atoms with Crippen molar-refractivity contribution in [3.05, 3.63) is 59.4 Å². The fraction of sp³-hybridized carbons (Fsp3) is 0.158. The van der Waals surface area contributed by atoms with Gasteiger partial charge >= 0.3 is 6.03 Å². The van der Waals surface area contributed by atoms with Crippen molar-refractivity contribution in [2.45, 2.75) is 13.8 Å². The molecule has 0 aromatic heterocycles. The van der Waals surface area contributed by atoms with E-state index in [0.29, 0.717) is 5.69 Å². The van der Waals surface area contributed by atoms with Crippen molar-refractivity contribution in [3.63, 3.8) is 0 Å². The van der Waals surface area contributed by atoms with Crippen molar-refractivity contribution >= 4 is 35.4 Å². The summed E-state index contributed by atoms with van der Waals surface area (Å²) in [5.41, 5.74) is 2.69. The summed E-state index contributed by atoms with van der Waals surface area (Å²) in [6.45, 7) is 3.77. The first-order valence-corrected chi connectivity index (χ1v) is 7.92. The van der Waals surface area contributed by atoms with Crippen molar-refractivity contribution in [1.82, 2.24) is 5.32 Å². The summed E-state index contributed by atoms with van der Waals surface area (Å²) in [6, 6.07) is 9.63. The SMILES string of the molecule is Cc1ccc(C)c(N=C[C@H]2C(=O)NC(=O)N(c3ccc(F)cc3)C2=O)c1. The predicted octanol–water partition coefficient (Wildman–Crippen LogP) is 3.04. The highest BCUT2D eigenvalue weighted by Crippen LogP contribution is 2.23. The molecule has 0 aliphatic carbocycles. The maximum Gasteiger partial charge on any atom is 0.335 e. The summed E-state index contributed by atoms with van der Waals surface area (Å²) in [4.78, 5) is 41.9. The van der Waals surface area contributed by atoms with E-state index in [0.717, 1.165) is 28.2 Å². The number of hydrogen-bond acceptors (Lipinski definition) is 4. The molecule has 2 aromatic carbocycles. The minimum Gasteiger partial charge on any atom is -0.276 e. The number of imide groups is 2. The molecule has 0 spiro atoms. The van der Waals surface area contributed by atoms with E-state index in [4.69, 9.17) is 0 Å². The molecule has 0 saturated carbocycles. The summed E-state index contributed by atoms with van der Waals surface area (Å²) >= 11 is 0. The zero-order valence-corrected chi connectivity index (χ0v) is 14.2. The van der Waals surface area contributed by atoms with E-state index < -0.39 is 29.6 Å². The number of aryl methyl sites for hydroxylation is 2. The van der Waals surface area contributed by atoms with Gasteiger partial charge in [0.1, 0.15) is 5.82 Å². The van der Waals surface area contributed by atoms with Gasteiger partial charge in [0.2, 0.25) is 5.91 Å². The average molecular weight is 353 g/mol. The van der Waals surface area contributed by atoms with Gasteiger partial charge in [0, 0.05) is 6.21 Å². The molecule has 4 amide bonds. The lowest BCUT2D eigenvalue weighted by Gasteiger charge is -2.28. The van der Waals surface area contributed by atoms with E-state index in [1.165, 1.54) is 18.3 Å². The Labute approximate surface area is 149 Å². The number of carbonyl (C=O) groups is 3. The Kier molecular flexibility index (Phi) is 4.62. The fourth-order valence-corrected chi connectivity index (χ4v) is 2.57. The number of carbonyl (C=O) groups excluding carboxylic acids is 3. The number of barbiturate groups is 1. The van der Waals surface area contributed by atoms with Crippen molar-refractivity contribution in [2.24, 2.45) is 10.9 Å². The molecule has 1 heterocycles. The topological polar surface area (TPSA) is 78.8 Å². The van der Waals surface area contributed by atoms with Crippen molar-refractivity contribution < 1.29 is 18.8 Å². The monoisotopic (exact) mass is 353 g/mol. The molecule has 1 aliphatic heterocycles. The van der Waals surface area contributed by atoms with Crippen LogP contribution in [0.1, 0.15) is 11.1 Å². The molecule has 1 saturated heterocycles. The molecule has 6 nitrogen and oxygen atoms in total. The number of halogens is 1. The zero-order chi connectivity index (χ0) is 18.8. The number of urea groups is 1. The summed E-state index contributed by atoms with van der Waals surface area (Å²) in [7, 11) is 0. The van der Waals surface area contributed by atoms with E-state index in [1.807, 2.05) is 32.0 Å². The number of amides is 4. The molecule has 1 aliphatic rings. The maximum absolute atomic E-state index is 13.1. The highest BCUT2D eigenvalue weighted by molar-refractivity contribution is 6.32. The van der Waals surface area contributed by atoms with Gasteiger partial charge in [-0.05, 0) is 55.3 Å². The molecule has 26 heavy (non-hydrogen) atoms. The van der Waals surface area contributed by atoms with Crippen molar-refractivity contribution in [1.29, 1.82) is 0 Å². The minimum absolute atomic E-state index is 0.173. The Morgan fingerprint density at radius 1 is 1.08 bits per heavy atom. The molecule has 7 heteroatoms. The second-order valence-corrected chi connectivity index (χ2v) is 5.99. The quantitative estimate of drug-likeness (QED) is 0.680. The standard InChI is InChI=1S/C19H16FN3O3/c1-11-3-4-12(2)16(9-11)21-10-15-17(24)22-19(26)23(18(15)25)14-7-5-13(20)6-8-14/h3-10,15H,1-2H3,(H,22,24,26)/t15-/m0/s1. The van der Waals surface area contributed by atoms with E-state index >= 15 is 0 Å². The zero-order valence-electron chi connectivity index (χ0n) is 14.2. The number of anilines is 1. The minimum atomic E-state index is -1.25. The molecular formula is C19H16FN3O3. The van der Waals surface area contributed by atoms with Crippen LogP contribution in [0.3, 0.4) is 0 Å². The lowest BCUT2D eigenvalue weighted by atomic mass is 10.1. The first kappa shape index (κ1) is 17.5. The van der Waals surface area contributed by atoms with E-state index in [9.17, 15) is 18.8 Å². The second kappa shape index (κ2) is 6.87. The molecule has 3 rings (SSSR count). The van der Waals surface area contributed by atoms with Crippen molar-refractivity contribution in [3.8, 4) is 0 Å². The third-order valence-corrected chi connectivity index (χ3v) is 4.01. The van der Waals surface area contributed by atoms with Crippen LogP contribution in [0.15, 0.2) is 47.5 Å². The van der Waals surface area contributed by atoms with Crippen LogP contribution in [-0.4, -0.2) is 24.1 Å². The van der Waals surface area contributed by atoms with Gasteiger partial charge in [-0.2, -0.15) is 0 Å². The number of nitrogens with one attached hydrogen (secondary N) is 1. The third kappa shape index (κ3) is 3.37. The van der Waals surface area contributed by atoms with E-state index in [1.54, 1.807) is 0 Å². The summed E-state index contributed by atoms with van der Waals surface area (Å²) in [6.07, 6.45) is 1.22. The van der Waals surface area contributed by atoms with Crippen LogP contribution in [0, 0.1) is 25.6 Å². The second-order valence-electron chi connectivity index (χ2n) is 5.99. The number of hydrogen-bond donors (Lipinski definition) is 1. The van der Waals surface area contributed by atoms with Gasteiger partial charge in [-0.3, -0.25) is 19.9 Å². The molecule has 0 bridgehead atoms. The largest absolute Gasteiger partial charge is 0.335 e. The van der Waals surface area contributed by atoms with E-state index in [-0.39, 0.29) is 5.69 Å². The van der Waals surface area contributed by atoms with Gasteiger partial charge < -0.3 is 0 Å². The molecule has 0 radical (unpaired) electrons. The molecular weight excluding hydrogens is 337 g/mol. The molecule has 1 fully saturated rings. The van der Waals surface area contributed by atoms with E-state index in [2.05, 4.69) is 10.3 Å². The lowest BCUT2D eigenvalue weighted by molar-refractivity contribution is -0.131. The summed E-state index contributed by atoms with van der Waals surface area (Å²) in [5.74, 6) is -3.23. The van der Waals surface area contributed by atoms with Gasteiger partial charge in [0.25, 0.3) is 5.91 Å². The Balaban J connectivity index is 1.91. The van der Waals surface area contributed by atoms with Gasteiger partial charge in [-0.15, -0.1) is 0 Å². The lowest BCUT2D eigenvalue weighted by Crippen LogP contribution is -2.58. The smallest absolute Gasteiger partial charge is 0.276 e. The van der Waals surface area contributed by atoms with Gasteiger partial charge in [-0.1, -0.05) is 12.1 Å². The van der Waals surface area contributed by atoms with Gasteiger partial charge in [0.05, 0.1) is 11.4 Å². The third-order valence-electron chi connectivity index (χ3n) is 4.01.